The Morgan fingerprint density at radius 2 is 2.23 bits per heavy atom. The minimum absolute atomic E-state index is 0.136. The molecule has 78 valence electrons. The summed E-state index contributed by atoms with van der Waals surface area (Å²) in [5.41, 5.74) is 0. The van der Waals surface area contributed by atoms with Crippen LogP contribution in [0.3, 0.4) is 0 Å². The van der Waals surface area contributed by atoms with E-state index in [1.165, 1.54) is 0 Å². The van der Waals surface area contributed by atoms with Crippen molar-refractivity contribution in [2.75, 3.05) is 12.4 Å². The van der Waals surface area contributed by atoms with Crippen molar-refractivity contribution < 1.29 is 13.5 Å². The van der Waals surface area contributed by atoms with E-state index in [4.69, 9.17) is 5.11 Å². The molecular weight excluding hydrogens is 190 g/mol. The lowest BCUT2D eigenvalue weighted by atomic mass is 10.2. The summed E-state index contributed by atoms with van der Waals surface area (Å²) in [6.45, 7) is 1.79. The molecule has 2 atom stereocenters. The van der Waals surface area contributed by atoms with Gasteiger partial charge in [-0.15, -0.1) is 0 Å². The van der Waals surface area contributed by atoms with Gasteiger partial charge >= 0.3 is 0 Å². The van der Waals surface area contributed by atoms with Crippen LogP contribution in [0.2, 0.25) is 0 Å². The zero-order valence-corrected chi connectivity index (χ0v) is 8.68. The average molecular weight is 207 g/mol. The maximum absolute atomic E-state index is 11.2. The maximum Gasteiger partial charge on any atom is 0.214 e. The molecule has 1 aliphatic carbocycles. The van der Waals surface area contributed by atoms with Crippen molar-refractivity contribution in [1.29, 1.82) is 0 Å². The first-order valence-corrected chi connectivity index (χ1v) is 6.35. The summed E-state index contributed by atoms with van der Waals surface area (Å²) in [5.74, 6) is 0.348. The van der Waals surface area contributed by atoms with Crippen LogP contribution in [0, 0.1) is 5.92 Å². The predicted molar refractivity (Wildman–Crippen MR) is 50.8 cm³/mol. The summed E-state index contributed by atoms with van der Waals surface area (Å²) >= 11 is 0. The molecule has 0 amide bonds. The summed E-state index contributed by atoms with van der Waals surface area (Å²) in [7, 11) is -3.22. The standard InChI is InChI=1S/C8H17NO3S/c1-2-3-7-6-8(7)9-13(11,12)5-4-10/h7-10H,2-6H2,1H3. The second kappa shape index (κ2) is 4.39. The van der Waals surface area contributed by atoms with Gasteiger partial charge in [0, 0.05) is 6.04 Å². The minimum atomic E-state index is -3.22. The number of nitrogens with one attached hydrogen (secondary N) is 1. The fourth-order valence-electron chi connectivity index (χ4n) is 1.49. The Hall–Kier alpha value is -0.130. The van der Waals surface area contributed by atoms with Crippen LogP contribution in [0.5, 0.6) is 0 Å². The molecular formula is C8H17NO3S. The highest BCUT2D eigenvalue weighted by Gasteiger charge is 2.38. The van der Waals surface area contributed by atoms with Crippen LogP contribution in [-0.4, -0.2) is 31.9 Å². The molecule has 1 saturated carbocycles. The van der Waals surface area contributed by atoms with Gasteiger partial charge in [-0.1, -0.05) is 13.3 Å². The van der Waals surface area contributed by atoms with Crippen molar-refractivity contribution in [1.82, 2.24) is 4.72 Å². The molecule has 0 saturated heterocycles. The van der Waals surface area contributed by atoms with Crippen molar-refractivity contribution in [3.8, 4) is 0 Å². The first kappa shape index (κ1) is 10.9. The SMILES string of the molecule is CCCC1CC1NS(=O)(=O)CCO. The third-order valence-corrected chi connectivity index (χ3v) is 3.65. The number of hydrogen-bond donors (Lipinski definition) is 2. The average Bonchev–Trinajstić information content (AvgIpc) is 2.67. The molecule has 1 rings (SSSR count). The van der Waals surface area contributed by atoms with Crippen LogP contribution >= 0.6 is 0 Å². The van der Waals surface area contributed by atoms with E-state index in [0.29, 0.717) is 5.92 Å². The molecule has 0 bridgehead atoms. The molecule has 0 aromatic rings. The highest BCUT2D eigenvalue weighted by Crippen LogP contribution is 2.34. The molecule has 0 heterocycles. The topological polar surface area (TPSA) is 66.4 Å². The Morgan fingerprint density at radius 1 is 1.54 bits per heavy atom. The molecule has 5 heteroatoms. The largest absolute Gasteiger partial charge is 0.395 e. The van der Waals surface area contributed by atoms with E-state index in [1.807, 2.05) is 0 Å². The van der Waals surface area contributed by atoms with Crippen LogP contribution in [0.1, 0.15) is 26.2 Å². The van der Waals surface area contributed by atoms with E-state index in [9.17, 15) is 8.42 Å². The van der Waals surface area contributed by atoms with Crippen LogP contribution in [0.4, 0.5) is 0 Å². The van der Waals surface area contributed by atoms with Crippen molar-refractivity contribution in [2.24, 2.45) is 5.92 Å². The highest BCUT2D eigenvalue weighted by molar-refractivity contribution is 7.89. The molecule has 1 fully saturated rings. The molecule has 0 aromatic carbocycles. The Bertz CT molecular complexity index is 250. The lowest BCUT2D eigenvalue weighted by molar-refractivity contribution is 0.319. The number of hydrogen-bond acceptors (Lipinski definition) is 3. The molecule has 13 heavy (non-hydrogen) atoms. The fourth-order valence-corrected chi connectivity index (χ4v) is 2.60. The minimum Gasteiger partial charge on any atom is -0.395 e. The third kappa shape index (κ3) is 3.62. The van der Waals surface area contributed by atoms with Gasteiger partial charge in [-0.25, -0.2) is 13.1 Å². The van der Waals surface area contributed by atoms with Crippen LogP contribution in [0.25, 0.3) is 0 Å². The third-order valence-electron chi connectivity index (χ3n) is 2.27. The number of rotatable bonds is 6. The summed E-state index contributed by atoms with van der Waals surface area (Å²) in [4.78, 5) is 0. The molecule has 0 aromatic heterocycles. The van der Waals surface area contributed by atoms with Gasteiger partial charge in [0.25, 0.3) is 0 Å². The highest BCUT2D eigenvalue weighted by atomic mass is 32.2. The van der Waals surface area contributed by atoms with Gasteiger partial charge in [-0.3, -0.25) is 0 Å². The second-order valence-corrected chi connectivity index (χ2v) is 5.42. The van der Waals surface area contributed by atoms with Crippen LogP contribution in [-0.2, 0) is 10.0 Å². The van der Waals surface area contributed by atoms with E-state index in [2.05, 4.69) is 11.6 Å². The lowest BCUT2D eigenvalue weighted by Gasteiger charge is -2.03. The van der Waals surface area contributed by atoms with Gasteiger partial charge in [0.15, 0.2) is 0 Å². The van der Waals surface area contributed by atoms with Crippen molar-refractivity contribution >= 4 is 10.0 Å². The molecule has 0 spiro atoms. The second-order valence-electron chi connectivity index (χ2n) is 3.55. The van der Waals surface area contributed by atoms with E-state index < -0.39 is 10.0 Å². The smallest absolute Gasteiger partial charge is 0.214 e. The van der Waals surface area contributed by atoms with E-state index in [1.54, 1.807) is 0 Å². The summed E-state index contributed by atoms with van der Waals surface area (Å²) in [6.07, 6.45) is 3.15. The Labute approximate surface area is 79.4 Å². The first-order valence-electron chi connectivity index (χ1n) is 4.70. The quantitative estimate of drug-likeness (QED) is 0.648. The zero-order valence-electron chi connectivity index (χ0n) is 7.86. The van der Waals surface area contributed by atoms with Gasteiger partial charge in [0.05, 0.1) is 12.4 Å². The molecule has 0 radical (unpaired) electrons. The fraction of sp³-hybridized carbons (Fsp3) is 1.00. The van der Waals surface area contributed by atoms with E-state index >= 15 is 0 Å². The van der Waals surface area contributed by atoms with Gasteiger partial charge in [-0.05, 0) is 18.8 Å². The number of aliphatic hydroxyl groups is 1. The Kier molecular flexibility index (Phi) is 3.70. The van der Waals surface area contributed by atoms with Crippen molar-refractivity contribution in [3.63, 3.8) is 0 Å². The molecule has 2 N–H and O–H groups in total. The molecule has 2 unspecified atom stereocenters. The monoisotopic (exact) mass is 207 g/mol. The van der Waals surface area contributed by atoms with Crippen LogP contribution < -0.4 is 4.72 Å². The molecule has 0 aliphatic heterocycles. The maximum atomic E-state index is 11.2. The Balaban J connectivity index is 2.27. The summed E-state index contributed by atoms with van der Waals surface area (Å²) in [5, 5.41) is 8.49. The molecule has 1 aliphatic rings. The Morgan fingerprint density at radius 3 is 2.77 bits per heavy atom. The van der Waals surface area contributed by atoms with Gasteiger partial charge in [-0.2, -0.15) is 0 Å². The molecule has 4 nitrogen and oxygen atoms in total. The first-order chi connectivity index (χ1) is 6.09. The van der Waals surface area contributed by atoms with E-state index in [-0.39, 0.29) is 18.4 Å². The predicted octanol–water partition coefficient (Wildman–Crippen LogP) is 0.0867. The van der Waals surface area contributed by atoms with Gasteiger partial charge in [0.1, 0.15) is 0 Å². The lowest BCUT2D eigenvalue weighted by Crippen LogP contribution is -2.30. The zero-order chi connectivity index (χ0) is 9.90. The van der Waals surface area contributed by atoms with Gasteiger partial charge < -0.3 is 5.11 Å². The van der Waals surface area contributed by atoms with Crippen molar-refractivity contribution in [2.45, 2.75) is 32.2 Å². The summed E-state index contributed by atoms with van der Waals surface area (Å²) < 4.78 is 24.9. The number of aliphatic hydroxyl groups excluding tert-OH is 1. The van der Waals surface area contributed by atoms with Crippen molar-refractivity contribution in [3.05, 3.63) is 0 Å². The normalized spacial score (nSPS) is 27.5. The van der Waals surface area contributed by atoms with Gasteiger partial charge in [0.2, 0.25) is 10.0 Å². The van der Waals surface area contributed by atoms with Crippen LogP contribution in [0.15, 0.2) is 0 Å². The number of sulfonamides is 1. The van der Waals surface area contributed by atoms with E-state index in [0.717, 1.165) is 19.3 Å². The summed E-state index contributed by atoms with van der Waals surface area (Å²) in [6, 6.07) is 0.136.